The number of sulfonamides is 1. The molecule has 0 bridgehead atoms. The summed E-state index contributed by atoms with van der Waals surface area (Å²) in [7, 11) is -3.64. The Morgan fingerprint density at radius 2 is 2.12 bits per heavy atom. The Balaban J connectivity index is 1.77. The molecule has 1 atom stereocenters. The lowest BCUT2D eigenvalue weighted by molar-refractivity contribution is 0.205. The fourth-order valence-corrected chi connectivity index (χ4v) is 4.53. The van der Waals surface area contributed by atoms with Crippen LogP contribution >= 0.6 is 0 Å². The summed E-state index contributed by atoms with van der Waals surface area (Å²) in [5, 5.41) is 15.6. The molecular formula is C14H16N6O3S. The van der Waals surface area contributed by atoms with E-state index in [4.69, 9.17) is 10.00 Å². The lowest BCUT2D eigenvalue weighted by atomic mass is 10.3. The van der Waals surface area contributed by atoms with Gasteiger partial charge in [0.1, 0.15) is 17.1 Å². The molecule has 0 radical (unpaired) electrons. The van der Waals surface area contributed by atoms with Crippen molar-refractivity contribution in [2.24, 2.45) is 0 Å². The standard InChI is InChI=1S/C14H16N6O3S/c1-9-13(10(2)19-18-9)24(21,22)20-6-3-11(8-20)23-14-12(7-15)16-4-5-17-14/h4-5,11H,3,6,8H2,1-2H3,(H,18,19). The van der Waals surface area contributed by atoms with Crippen molar-refractivity contribution < 1.29 is 13.2 Å². The van der Waals surface area contributed by atoms with E-state index < -0.39 is 10.0 Å². The summed E-state index contributed by atoms with van der Waals surface area (Å²) in [5.74, 6) is 0.125. The highest BCUT2D eigenvalue weighted by atomic mass is 32.2. The van der Waals surface area contributed by atoms with Gasteiger partial charge in [-0.25, -0.2) is 18.4 Å². The molecule has 126 valence electrons. The number of nitrogens with one attached hydrogen (secondary N) is 1. The van der Waals surface area contributed by atoms with E-state index in [0.717, 1.165) is 0 Å². The van der Waals surface area contributed by atoms with Gasteiger partial charge in [0, 0.05) is 18.9 Å². The van der Waals surface area contributed by atoms with Gasteiger partial charge in [-0.2, -0.15) is 14.7 Å². The van der Waals surface area contributed by atoms with Crippen molar-refractivity contribution in [3.05, 3.63) is 29.5 Å². The molecule has 9 nitrogen and oxygen atoms in total. The fraction of sp³-hybridized carbons (Fsp3) is 0.429. The number of nitrogens with zero attached hydrogens (tertiary/aromatic N) is 5. The summed E-state index contributed by atoms with van der Waals surface area (Å²) in [4.78, 5) is 8.07. The third kappa shape index (κ3) is 2.83. The third-order valence-corrected chi connectivity index (χ3v) is 5.94. The van der Waals surface area contributed by atoms with Gasteiger partial charge in [-0.05, 0) is 20.3 Å². The van der Waals surface area contributed by atoms with Gasteiger partial charge in [0.15, 0.2) is 0 Å². The van der Waals surface area contributed by atoms with Crippen molar-refractivity contribution in [1.82, 2.24) is 24.5 Å². The van der Waals surface area contributed by atoms with Gasteiger partial charge in [0.25, 0.3) is 5.88 Å². The summed E-state index contributed by atoms with van der Waals surface area (Å²) in [6, 6.07) is 1.91. The zero-order valence-corrected chi connectivity index (χ0v) is 14.0. The van der Waals surface area contributed by atoms with Crippen LogP contribution in [-0.4, -0.2) is 52.1 Å². The summed E-state index contributed by atoms with van der Waals surface area (Å²) in [5.41, 5.74) is 1.04. The third-order valence-electron chi connectivity index (χ3n) is 3.81. The smallest absolute Gasteiger partial charge is 0.251 e. The van der Waals surface area contributed by atoms with Crippen molar-refractivity contribution in [1.29, 1.82) is 5.26 Å². The summed E-state index contributed by atoms with van der Waals surface area (Å²) in [6.45, 7) is 3.85. The van der Waals surface area contributed by atoms with Gasteiger partial charge in [-0.1, -0.05) is 0 Å². The minimum atomic E-state index is -3.64. The van der Waals surface area contributed by atoms with Gasteiger partial charge < -0.3 is 4.74 Å². The number of hydrogen-bond donors (Lipinski definition) is 1. The average molecular weight is 348 g/mol. The Morgan fingerprint density at radius 1 is 1.38 bits per heavy atom. The molecule has 0 saturated carbocycles. The molecule has 0 spiro atoms. The van der Waals surface area contributed by atoms with Crippen molar-refractivity contribution >= 4 is 10.0 Å². The van der Waals surface area contributed by atoms with E-state index in [2.05, 4.69) is 20.2 Å². The van der Waals surface area contributed by atoms with Crippen LogP contribution < -0.4 is 4.74 Å². The molecule has 1 fully saturated rings. The molecule has 3 rings (SSSR count). The van der Waals surface area contributed by atoms with Crippen molar-refractivity contribution in [2.75, 3.05) is 13.1 Å². The van der Waals surface area contributed by atoms with E-state index in [-0.39, 0.29) is 29.1 Å². The number of ether oxygens (including phenoxy) is 1. The first-order valence-electron chi connectivity index (χ1n) is 7.33. The summed E-state index contributed by atoms with van der Waals surface area (Å²) in [6.07, 6.45) is 2.96. The van der Waals surface area contributed by atoms with Gasteiger partial charge in [-0.3, -0.25) is 5.10 Å². The largest absolute Gasteiger partial charge is 0.471 e. The Morgan fingerprint density at radius 3 is 2.79 bits per heavy atom. The van der Waals surface area contributed by atoms with Crippen LogP contribution in [0.25, 0.3) is 0 Å². The normalized spacial score (nSPS) is 18.5. The monoisotopic (exact) mass is 348 g/mol. The predicted octanol–water partition coefficient (Wildman–Crippen LogP) is 0.530. The molecule has 1 unspecified atom stereocenters. The van der Waals surface area contributed by atoms with Crippen molar-refractivity contribution in [3.8, 4) is 11.9 Å². The number of rotatable bonds is 4. The predicted molar refractivity (Wildman–Crippen MR) is 82.6 cm³/mol. The number of H-pyrrole nitrogens is 1. The van der Waals surface area contributed by atoms with Gasteiger partial charge in [0.05, 0.1) is 17.9 Å². The van der Waals surface area contributed by atoms with Gasteiger partial charge in [-0.15, -0.1) is 0 Å². The molecule has 10 heteroatoms. The molecule has 1 N–H and O–H groups in total. The molecule has 24 heavy (non-hydrogen) atoms. The van der Waals surface area contributed by atoms with E-state index in [9.17, 15) is 8.42 Å². The summed E-state index contributed by atoms with van der Waals surface area (Å²) < 4.78 is 32.6. The maximum atomic E-state index is 12.8. The fourth-order valence-electron chi connectivity index (χ4n) is 2.71. The molecule has 2 aromatic rings. The van der Waals surface area contributed by atoms with Crippen LogP contribution in [0.4, 0.5) is 0 Å². The molecule has 2 aromatic heterocycles. The van der Waals surface area contributed by atoms with E-state index in [0.29, 0.717) is 24.4 Å². The van der Waals surface area contributed by atoms with E-state index in [1.807, 2.05) is 6.07 Å². The van der Waals surface area contributed by atoms with E-state index >= 15 is 0 Å². The maximum absolute atomic E-state index is 12.8. The van der Waals surface area contributed by atoms with Crippen LogP contribution in [0.2, 0.25) is 0 Å². The first-order valence-corrected chi connectivity index (χ1v) is 8.77. The Bertz CT molecular complexity index is 882. The minimum absolute atomic E-state index is 0.0836. The molecule has 0 aliphatic carbocycles. The Labute approximate surface area is 139 Å². The van der Waals surface area contributed by atoms with Gasteiger partial charge >= 0.3 is 0 Å². The first-order chi connectivity index (χ1) is 11.4. The lowest BCUT2D eigenvalue weighted by Gasteiger charge is -2.17. The minimum Gasteiger partial charge on any atom is -0.471 e. The number of aryl methyl sites for hydroxylation is 2. The molecule has 1 aliphatic rings. The van der Waals surface area contributed by atoms with Crippen LogP contribution in [0.5, 0.6) is 5.88 Å². The molecule has 1 saturated heterocycles. The number of nitriles is 1. The lowest BCUT2D eigenvalue weighted by Crippen LogP contribution is -2.31. The first kappa shape index (κ1) is 16.4. The highest BCUT2D eigenvalue weighted by Crippen LogP contribution is 2.26. The molecular weight excluding hydrogens is 332 g/mol. The Kier molecular flexibility index (Phi) is 4.21. The zero-order chi connectivity index (χ0) is 17.3. The van der Waals surface area contributed by atoms with Crippen LogP contribution in [0.1, 0.15) is 23.5 Å². The molecule has 3 heterocycles. The average Bonchev–Trinajstić information content (AvgIpc) is 3.15. The number of aromatic nitrogens is 4. The van der Waals surface area contributed by atoms with Crippen LogP contribution in [0, 0.1) is 25.2 Å². The molecule has 0 amide bonds. The van der Waals surface area contributed by atoms with Gasteiger partial charge in [0.2, 0.25) is 15.7 Å². The molecule has 0 aromatic carbocycles. The van der Waals surface area contributed by atoms with E-state index in [1.165, 1.54) is 16.7 Å². The number of hydrogen-bond acceptors (Lipinski definition) is 7. The van der Waals surface area contributed by atoms with Crippen LogP contribution in [0.15, 0.2) is 17.3 Å². The molecule has 1 aliphatic heterocycles. The van der Waals surface area contributed by atoms with Crippen molar-refractivity contribution in [3.63, 3.8) is 0 Å². The van der Waals surface area contributed by atoms with Crippen molar-refractivity contribution in [2.45, 2.75) is 31.3 Å². The SMILES string of the molecule is Cc1n[nH]c(C)c1S(=O)(=O)N1CCC(Oc2nccnc2C#N)C1. The van der Waals surface area contributed by atoms with Crippen LogP contribution in [-0.2, 0) is 10.0 Å². The summed E-state index contributed by atoms with van der Waals surface area (Å²) >= 11 is 0. The topological polar surface area (TPSA) is 125 Å². The highest BCUT2D eigenvalue weighted by Gasteiger charge is 2.36. The second-order valence-electron chi connectivity index (χ2n) is 5.48. The maximum Gasteiger partial charge on any atom is 0.251 e. The number of aromatic amines is 1. The quantitative estimate of drug-likeness (QED) is 0.854. The zero-order valence-electron chi connectivity index (χ0n) is 13.2. The Hall–Kier alpha value is -2.51. The highest BCUT2D eigenvalue weighted by molar-refractivity contribution is 7.89. The van der Waals surface area contributed by atoms with E-state index in [1.54, 1.807) is 13.8 Å². The second-order valence-corrected chi connectivity index (χ2v) is 7.35. The second kappa shape index (κ2) is 6.18. The van der Waals surface area contributed by atoms with Crippen LogP contribution in [0.3, 0.4) is 0 Å².